The molecule has 2 saturated carbocycles. The second-order valence-corrected chi connectivity index (χ2v) is 12.3. The number of nitrogens with two attached hydrogens (primary N) is 1. The second-order valence-electron chi connectivity index (χ2n) is 12.3. The maximum absolute atomic E-state index is 13.1. The highest BCUT2D eigenvalue weighted by Gasteiger charge is 2.72. The third-order valence-electron chi connectivity index (χ3n) is 8.35. The molecule has 4 rings (SSSR count). The van der Waals surface area contributed by atoms with E-state index in [1.165, 1.54) is 26.3 Å². The zero-order valence-corrected chi connectivity index (χ0v) is 29.0. The molecule has 3 N–H and O–H groups in total. The molecule has 256 valence electrons. The fourth-order valence-electron chi connectivity index (χ4n) is 6.06. The van der Waals surface area contributed by atoms with E-state index in [1.807, 2.05) is 60.7 Å². The van der Waals surface area contributed by atoms with Crippen LogP contribution in [0.3, 0.4) is 0 Å². The number of amides is 3. The van der Waals surface area contributed by atoms with Crippen LogP contribution in [-0.2, 0) is 33.5 Å². The normalized spacial score (nSPS) is 26.0. The number of ether oxygens (including phenoxy) is 3. The zero-order valence-electron chi connectivity index (χ0n) is 28.1. The number of methoxy groups -OCH3 is 2. The van der Waals surface area contributed by atoms with Crippen molar-refractivity contribution >= 4 is 30.3 Å². The Hall–Kier alpha value is -3.26. The third kappa shape index (κ3) is 8.17. The summed E-state index contributed by atoms with van der Waals surface area (Å²) in [5.41, 5.74) is 5.54. The number of carbonyl (C=O) groups is 3. The first-order valence-corrected chi connectivity index (χ1v) is 14.8. The summed E-state index contributed by atoms with van der Waals surface area (Å²) in [4.78, 5) is 48.0. The highest BCUT2D eigenvalue weighted by Crippen LogP contribution is 2.59. The van der Waals surface area contributed by atoms with Gasteiger partial charge in [0, 0.05) is 52.0 Å². The van der Waals surface area contributed by atoms with Gasteiger partial charge in [-0.2, -0.15) is 0 Å². The van der Waals surface area contributed by atoms with Crippen molar-refractivity contribution in [3.05, 3.63) is 71.8 Å². The van der Waals surface area contributed by atoms with E-state index < -0.39 is 22.8 Å². The van der Waals surface area contributed by atoms with Gasteiger partial charge in [0.2, 0.25) is 0 Å². The second kappa shape index (κ2) is 16.0. The van der Waals surface area contributed by atoms with Crippen molar-refractivity contribution < 1.29 is 38.3 Å². The van der Waals surface area contributed by atoms with E-state index in [1.54, 1.807) is 42.0 Å². The SMILES string of the molecule is COCC1C(c2ccccc2)C1(N)C(=O)N(C)OC.COCC1C(c2ccccc2)C1(NC(=O)OC(C)(C)C)C(=O)N(C)OC.Cl. The van der Waals surface area contributed by atoms with E-state index in [2.05, 4.69) is 5.32 Å². The Bertz CT molecular complexity index is 1300. The molecule has 2 aromatic rings. The van der Waals surface area contributed by atoms with Gasteiger partial charge < -0.3 is 25.3 Å². The van der Waals surface area contributed by atoms with Crippen LogP contribution in [0, 0.1) is 11.8 Å². The summed E-state index contributed by atoms with van der Waals surface area (Å²) in [7, 11) is 9.14. The Kier molecular flexibility index (Phi) is 13.6. The third-order valence-corrected chi connectivity index (χ3v) is 8.35. The number of halogens is 1. The number of alkyl carbamates (subject to hydrolysis) is 1. The number of likely N-dealkylation sites (N-methyl/N-ethyl adjacent to an activating group) is 2. The molecule has 3 amide bonds. The summed E-state index contributed by atoms with van der Waals surface area (Å²) >= 11 is 0. The van der Waals surface area contributed by atoms with E-state index in [-0.39, 0.29) is 47.9 Å². The molecule has 0 aromatic heterocycles. The Balaban J connectivity index is 0.000000328. The smallest absolute Gasteiger partial charge is 0.408 e. The molecule has 2 aliphatic rings. The Morgan fingerprint density at radius 1 is 0.761 bits per heavy atom. The summed E-state index contributed by atoms with van der Waals surface area (Å²) < 4.78 is 15.9. The lowest BCUT2D eigenvalue weighted by molar-refractivity contribution is -0.173. The van der Waals surface area contributed by atoms with Crippen molar-refractivity contribution in [2.24, 2.45) is 17.6 Å². The number of rotatable bonds is 11. The van der Waals surface area contributed by atoms with Crippen LogP contribution < -0.4 is 11.1 Å². The van der Waals surface area contributed by atoms with Gasteiger partial charge in [-0.15, -0.1) is 12.4 Å². The van der Waals surface area contributed by atoms with Gasteiger partial charge in [0.1, 0.15) is 16.7 Å². The lowest BCUT2D eigenvalue weighted by Crippen LogP contribution is -2.53. The number of hydrogen-bond donors (Lipinski definition) is 2. The molecular weight excluding hydrogens is 616 g/mol. The van der Waals surface area contributed by atoms with Gasteiger partial charge in [-0.3, -0.25) is 19.3 Å². The largest absolute Gasteiger partial charge is 0.444 e. The van der Waals surface area contributed by atoms with E-state index in [0.717, 1.165) is 16.2 Å². The number of nitrogens with one attached hydrogen (secondary N) is 1. The Morgan fingerprint density at radius 2 is 1.20 bits per heavy atom. The van der Waals surface area contributed by atoms with Gasteiger partial charge in [0.15, 0.2) is 0 Å². The molecule has 0 saturated heterocycles. The van der Waals surface area contributed by atoms with Crippen molar-refractivity contribution in [3.63, 3.8) is 0 Å². The van der Waals surface area contributed by atoms with E-state index in [4.69, 9.17) is 29.6 Å². The molecule has 2 aliphatic carbocycles. The number of hydroxylamine groups is 4. The standard InChI is InChI=1S/C19H28N2O5.C14H20N2O3.ClH/c1-18(2,3)26-17(23)20-19(16(22)21(4)25-6)14(12-24-5)15(19)13-10-8-7-9-11-13;1-16(19-3)13(17)14(15)11(9-18-2)12(14)10-7-5-4-6-8-10;/h7-11,14-15H,12H2,1-6H3,(H,20,23);4-8,11-12H,9,15H2,1-3H3;1H. The maximum Gasteiger partial charge on any atom is 0.408 e. The predicted octanol–water partition coefficient (Wildman–Crippen LogP) is 3.52. The van der Waals surface area contributed by atoms with Crippen molar-refractivity contribution in [2.45, 2.75) is 49.3 Å². The van der Waals surface area contributed by atoms with Crippen LogP contribution in [0.4, 0.5) is 4.79 Å². The minimum Gasteiger partial charge on any atom is -0.444 e. The highest BCUT2D eigenvalue weighted by molar-refractivity contribution is 5.95. The lowest BCUT2D eigenvalue weighted by atomic mass is 10.1. The quantitative estimate of drug-likeness (QED) is 0.345. The van der Waals surface area contributed by atoms with Gasteiger partial charge in [0.05, 0.1) is 27.4 Å². The van der Waals surface area contributed by atoms with E-state index in [0.29, 0.717) is 13.2 Å². The van der Waals surface area contributed by atoms with Crippen molar-refractivity contribution in [1.29, 1.82) is 0 Å². The molecule has 6 unspecified atom stereocenters. The van der Waals surface area contributed by atoms with Crippen LogP contribution >= 0.6 is 12.4 Å². The topological polar surface area (TPSA) is 142 Å². The van der Waals surface area contributed by atoms with Gasteiger partial charge in [-0.05, 0) is 31.9 Å². The molecule has 0 bridgehead atoms. The number of hydrogen-bond acceptors (Lipinski definition) is 9. The number of benzene rings is 2. The minimum atomic E-state index is -1.18. The van der Waals surface area contributed by atoms with Crippen molar-refractivity contribution in [1.82, 2.24) is 15.4 Å². The first-order valence-electron chi connectivity index (χ1n) is 14.8. The molecule has 2 fully saturated rings. The summed E-state index contributed by atoms with van der Waals surface area (Å²) in [6.45, 7) is 6.10. The van der Waals surface area contributed by atoms with Crippen molar-refractivity contribution in [2.75, 3.05) is 55.7 Å². The molecule has 46 heavy (non-hydrogen) atoms. The Labute approximate surface area is 278 Å². The summed E-state index contributed by atoms with van der Waals surface area (Å²) in [6, 6.07) is 19.4. The maximum atomic E-state index is 13.1. The monoisotopic (exact) mass is 664 g/mol. The van der Waals surface area contributed by atoms with Crippen LogP contribution in [0.25, 0.3) is 0 Å². The molecular formula is C33H49ClN4O8. The van der Waals surface area contributed by atoms with E-state index in [9.17, 15) is 14.4 Å². The first kappa shape index (κ1) is 38.9. The number of carbonyl (C=O) groups excluding carboxylic acids is 3. The van der Waals surface area contributed by atoms with Crippen molar-refractivity contribution in [3.8, 4) is 0 Å². The number of nitrogens with zero attached hydrogens (tertiary/aromatic N) is 2. The Morgan fingerprint density at radius 3 is 1.63 bits per heavy atom. The van der Waals surface area contributed by atoms with E-state index >= 15 is 0 Å². The average Bonchev–Trinajstić information content (AvgIpc) is 3.85. The predicted molar refractivity (Wildman–Crippen MR) is 175 cm³/mol. The molecule has 0 heterocycles. The molecule has 12 nitrogen and oxygen atoms in total. The molecule has 0 aliphatic heterocycles. The fourth-order valence-corrected chi connectivity index (χ4v) is 6.06. The van der Waals surface area contributed by atoms with Gasteiger partial charge in [-0.25, -0.2) is 14.9 Å². The minimum absolute atomic E-state index is 0. The summed E-state index contributed by atoms with van der Waals surface area (Å²) in [5.74, 6) is -1.08. The van der Waals surface area contributed by atoms with Crippen LogP contribution in [-0.4, -0.2) is 100 Å². The first-order chi connectivity index (χ1) is 21.2. The van der Waals surface area contributed by atoms with Crippen LogP contribution in [0.1, 0.15) is 43.7 Å². The fraction of sp³-hybridized carbons (Fsp3) is 0.545. The van der Waals surface area contributed by atoms with Gasteiger partial charge in [0.25, 0.3) is 11.8 Å². The summed E-state index contributed by atoms with van der Waals surface area (Å²) in [6.07, 6.45) is -0.644. The van der Waals surface area contributed by atoms with Gasteiger partial charge in [-0.1, -0.05) is 60.7 Å². The van der Waals surface area contributed by atoms with Crippen LogP contribution in [0.2, 0.25) is 0 Å². The molecule has 6 atom stereocenters. The lowest BCUT2D eigenvalue weighted by Gasteiger charge is -2.27. The van der Waals surface area contributed by atoms with Gasteiger partial charge >= 0.3 is 6.09 Å². The van der Waals surface area contributed by atoms with Crippen LogP contribution in [0.5, 0.6) is 0 Å². The molecule has 0 spiro atoms. The zero-order chi connectivity index (χ0) is 33.6. The average molecular weight is 665 g/mol. The molecule has 2 aromatic carbocycles. The summed E-state index contributed by atoms with van der Waals surface area (Å²) in [5, 5.41) is 5.12. The van der Waals surface area contributed by atoms with Crippen LogP contribution in [0.15, 0.2) is 60.7 Å². The molecule has 0 radical (unpaired) electrons. The highest BCUT2D eigenvalue weighted by atomic mass is 35.5. The molecule has 13 heteroatoms.